The van der Waals surface area contributed by atoms with Gasteiger partial charge in [0.05, 0.1) is 25.3 Å². The second kappa shape index (κ2) is 4.52. The third kappa shape index (κ3) is 2.05. The minimum atomic E-state index is -1.18. The number of carboxylic acids is 1. The van der Waals surface area contributed by atoms with Crippen LogP contribution in [0.15, 0.2) is 12.1 Å². The molecule has 0 spiro atoms. The molecule has 3 N–H and O–H groups in total. The zero-order valence-corrected chi connectivity index (χ0v) is 8.81. The maximum atomic E-state index is 11.1. The summed E-state index contributed by atoms with van der Waals surface area (Å²) in [7, 11) is 2.68. The molecule has 0 saturated heterocycles. The Kier molecular flexibility index (Phi) is 3.34. The summed E-state index contributed by atoms with van der Waals surface area (Å²) in [5.41, 5.74) is 5.00. The Bertz CT molecular complexity index is 441. The van der Waals surface area contributed by atoms with E-state index in [4.69, 9.17) is 20.3 Å². The summed E-state index contributed by atoms with van der Waals surface area (Å²) < 4.78 is 9.87. The van der Waals surface area contributed by atoms with Crippen LogP contribution in [0, 0.1) is 0 Å². The van der Waals surface area contributed by atoms with Gasteiger partial charge in [-0.2, -0.15) is 0 Å². The first-order chi connectivity index (χ1) is 7.51. The Morgan fingerprint density at radius 1 is 1.25 bits per heavy atom. The first kappa shape index (κ1) is 11.8. The molecule has 0 heterocycles. The van der Waals surface area contributed by atoms with Crippen molar-refractivity contribution in [1.29, 1.82) is 0 Å². The first-order valence-electron chi connectivity index (χ1n) is 4.30. The molecule has 16 heavy (non-hydrogen) atoms. The Labute approximate surface area is 91.6 Å². The molecule has 0 saturated carbocycles. The highest BCUT2D eigenvalue weighted by atomic mass is 16.5. The monoisotopic (exact) mass is 225 g/mol. The molecule has 1 rings (SSSR count). The number of ether oxygens (including phenoxy) is 2. The molecule has 0 aliphatic rings. The smallest absolute Gasteiger partial charge is 0.335 e. The van der Waals surface area contributed by atoms with Gasteiger partial charge in [0.1, 0.15) is 0 Å². The third-order valence-electron chi connectivity index (χ3n) is 1.99. The van der Waals surface area contributed by atoms with Gasteiger partial charge in [-0.15, -0.1) is 0 Å². The highest BCUT2D eigenvalue weighted by Gasteiger charge is 2.18. The highest BCUT2D eigenvalue weighted by Crippen LogP contribution is 2.32. The maximum absolute atomic E-state index is 11.1. The average Bonchev–Trinajstić information content (AvgIpc) is 2.26. The van der Waals surface area contributed by atoms with Crippen LogP contribution < -0.4 is 15.2 Å². The summed E-state index contributed by atoms with van der Waals surface area (Å²) >= 11 is 0. The number of carboxylic acid groups (broad SMARTS) is 1. The number of aromatic carboxylic acids is 1. The van der Waals surface area contributed by atoms with E-state index in [9.17, 15) is 9.59 Å². The number of carbonyl (C=O) groups is 2. The molecular weight excluding hydrogens is 214 g/mol. The fourth-order valence-corrected chi connectivity index (χ4v) is 1.27. The predicted molar refractivity (Wildman–Crippen MR) is 55.0 cm³/mol. The van der Waals surface area contributed by atoms with E-state index in [-0.39, 0.29) is 22.6 Å². The summed E-state index contributed by atoms with van der Waals surface area (Å²) in [6.07, 6.45) is 0. The van der Waals surface area contributed by atoms with E-state index in [1.807, 2.05) is 0 Å². The zero-order chi connectivity index (χ0) is 12.3. The fraction of sp³-hybridized carbons (Fsp3) is 0.200. The second-order valence-corrected chi connectivity index (χ2v) is 2.93. The van der Waals surface area contributed by atoms with Crippen molar-refractivity contribution >= 4 is 11.9 Å². The van der Waals surface area contributed by atoms with Gasteiger partial charge in [-0.3, -0.25) is 4.79 Å². The number of carbonyl (C=O) groups excluding carboxylic acids is 1. The van der Waals surface area contributed by atoms with Gasteiger partial charge in [0.25, 0.3) is 5.91 Å². The van der Waals surface area contributed by atoms with Crippen LogP contribution in [0.25, 0.3) is 0 Å². The number of methoxy groups -OCH3 is 2. The lowest BCUT2D eigenvalue weighted by Crippen LogP contribution is -2.14. The maximum Gasteiger partial charge on any atom is 0.335 e. The standard InChI is InChI=1S/C10H11NO5/c1-15-7-4-5(10(13)14)3-6(9(11)12)8(7)16-2/h3-4H,1-2H3,(H2,11,12)(H,13,14). The van der Waals surface area contributed by atoms with Crippen LogP contribution in [-0.4, -0.2) is 31.2 Å². The molecule has 0 bridgehead atoms. The van der Waals surface area contributed by atoms with Crippen molar-refractivity contribution < 1.29 is 24.2 Å². The topological polar surface area (TPSA) is 98.9 Å². The molecule has 0 aliphatic heterocycles. The molecule has 1 aromatic rings. The van der Waals surface area contributed by atoms with Gasteiger partial charge in [0, 0.05) is 0 Å². The van der Waals surface area contributed by atoms with E-state index in [0.717, 1.165) is 6.07 Å². The SMILES string of the molecule is COc1cc(C(=O)O)cc(C(N)=O)c1OC. The molecule has 1 amide bonds. The molecule has 0 aliphatic carbocycles. The Hall–Kier alpha value is -2.24. The minimum absolute atomic E-state index is 0.0285. The summed E-state index contributed by atoms with van der Waals surface area (Å²) in [5, 5.41) is 8.83. The van der Waals surface area contributed by atoms with Crippen molar-refractivity contribution in [2.45, 2.75) is 0 Å². The number of benzene rings is 1. The van der Waals surface area contributed by atoms with Crippen LogP contribution in [0.1, 0.15) is 20.7 Å². The number of hydrogen-bond acceptors (Lipinski definition) is 4. The van der Waals surface area contributed by atoms with E-state index in [2.05, 4.69) is 0 Å². The van der Waals surface area contributed by atoms with Crippen LogP contribution >= 0.6 is 0 Å². The zero-order valence-electron chi connectivity index (χ0n) is 8.81. The minimum Gasteiger partial charge on any atom is -0.493 e. The van der Waals surface area contributed by atoms with Crippen LogP contribution in [-0.2, 0) is 0 Å². The molecule has 0 aromatic heterocycles. The van der Waals surface area contributed by atoms with Gasteiger partial charge in [-0.25, -0.2) is 4.79 Å². The van der Waals surface area contributed by atoms with Crippen LogP contribution in [0.4, 0.5) is 0 Å². The average molecular weight is 225 g/mol. The lowest BCUT2D eigenvalue weighted by Gasteiger charge is -2.11. The van der Waals surface area contributed by atoms with E-state index < -0.39 is 11.9 Å². The number of hydrogen-bond donors (Lipinski definition) is 2. The van der Waals surface area contributed by atoms with Crippen molar-refractivity contribution in [3.8, 4) is 11.5 Å². The second-order valence-electron chi connectivity index (χ2n) is 2.93. The number of nitrogens with two attached hydrogens (primary N) is 1. The molecule has 0 atom stereocenters. The molecular formula is C10H11NO5. The molecule has 86 valence electrons. The van der Waals surface area contributed by atoms with Crippen LogP contribution in [0.5, 0.6) is 11.5 Å². The number of primary amides is 1. The summed E-state index contributed by atoms with van der Waals surface area (Å²) in [6, 6.07) is 2.40. The lowest BCUT2D eigenvalue weighted by atomic mass is 10.1. The van der Waals surface area contributed by atoms with Crippen molar-refractivity contribution in [1.82, 2.24) is 0 Å². The Morgan fingerprint density at radius 2 is 1.88 bits per heavy atom. The molecule has 1 aromatic carbocycles. The van der Waals surface area contributed by atoms with Crippen LogP contribution in [0.2, 0.25) is 0 Å². The molecule has 0 fully saturated rings. The molecule has 6 nitrogen and oxygen atoms in total. The van der Waals surface area contributed by atoms with Gasteiger partial charge in [-0.05, 0) is 12.1 Å². The van der Waals surface area contributed by atoms with Crippen LogP contribution in [0.3, 0.4) is 0 Å². The van der Waals surface area contributed by atoms with Crippen molar-refractivity contribution in [2.24, 2.45) is 5.73 Å². The number of rotatable bonds is 4. The fourth-order valence-electron chi connectivity index (χ4n) is 1.27. The van der Waals surface area contributed by atoms with Gasteiger partial charge in [-0.1, -0.05) is 0 Å². The third-order valence-corrected chi connectivity index (χ3v) is 1.99. The van der Waals surface area contributed by atoms with E-state index in [1.165, 1.54) is 20.3 Å². The van der Waals surface area contributed by atoms with Gasteiger partial charge in [0.15, 0.2) is 11.5 Å². The van der Waals surface area contributed by atoms with Crippen molar-refractivity contribution in [3.63, 3.8) is 0 Å². The lowest BCUT2D eigenvalue weighted by molar-refractivity contribution is 0.0696. The normalized spacial score (nSPS) is 9.62. The summed E-state index contributed by atoms with van der Waals surface area (Å²) in [4.78, 5) is 21.9. The molecule has 6 heteroatoms. The van der Waals surface area contributed by atoms with Crippen molar-refractivity contribution in [3.05, 3.63) is 23.3 Å². The molecule has 0 radical (unpaired) electrons. The number of amides is 1. The van der Waals surface area contributed by atoms with E-state index >= 15 is 0 Å². The Morgan fingerprint density at radius 3 is 2.25 bits per heavy atom. The first-order valence-corrected chi connectivity index (χ1v) is 4.30. The predicted octanol–water partition coefficient (Wildman–Crippen LogP) is 0.501. The van der Waals surface area contributed by atoms with Crippen molar-refractivity contribution in [2.75, 3.05) is 14.2 Å². The summed E-state index contributed by atoms with van der Waals surface area (Å²) in [6.45, 7) is 0. The highest BCUT2D eigenvalue weighted by molar-refractivity contribution is 6.00. The quantitative estimate of drug-likeness (QED) is 0.777. The van der Waals surface area contributed by atoms with E-state index in [0.29, 0.717) is 0 Å². The largest absolute Gasteiger partial charge is 0.493 e. The van der Waals surface area contributed by atoms with Gasteiger partial charge < -0.3 is 20.3 Å². The van der Waals surface area contributed by atoms with E-state index in [1.54, 1.807) is 0 Å². The van der Waals surface area contributed by atoms with Gasteiger partial charge in [0.2, 0.25) is 0 Å². The Balaban J connectivity index is 3.49. The van der Waals surface area contributed by atoms with Gasteiger partial charge >= 0.3 is 5.97 Å². The molecule has 0 unspecified atom stereocenters. The summed E-state index contributed by atoms with van der Waals surface area (Å²) in [5.74, 6) is -1.68.